The van der Waals surface area contributed by atoms with Gasteiger partial charge in [0.15, 0.2) is 0 Å². The summed E-state index contributed by atoms with van der Waals surface area (Å²) in [4.78, 5) is 10.3. The second-order valence-corrected chi connectivity index (χ2v) is 7.75. The Bertz CT molecular complexity index is 420. The van der Waals surface area contributed by atoms with Crippen molar-refractivity contribution in [3.8, 4) is 0 Å². The van der Waals surface area contributed by atoms with E-state index in [1.165, 1.54) is 89.0 Å². The van der Waals surface area contributed by atoms with E-state index in [2.05, 4.69) is 26.0 Å². The molecule has 0 fully saturated rings. The van der Waals surface area contributed by atoms with Gasteiger partial charge in [-0.2, -0.15) is 0 Å². The second kappa shape index (κ2) is 25.0. The van der Waals surface area contributed by atoms with E-state index < -0.39 is 5.97 Å². The van der Waals surface area contributed by atoms with E-state index in [1.54, 1.807) is 0 Å². The molecule has 2 nitrogen and oxygen atoms in total. The molecule has 28 heavy (non-hydrogen) atoms. The SMILES string of the molecule is CCCCCCCCCCCCCCCCCC(=O)O.Cc1ccccc1.[CaH2]. The normalized spacial score (nSPS) is 9.93. The quantitative estimate of drug-likeness (QED) is 0.224. The molecule has 0 radical (unpaired) electrons. The first kappa shape index (κ1) is 30.1. The van der Waals surface area contributed by atoms with Crippen LogP contribution in [0.1, 0.15) is 115 Å². The molecule has 0 bridgehead atoms. The van der Waals surface area contributed by atoms with Crippen LogP contribution in [0.2, 0.25) is 0 Å². The number of aryl methyl sites for hydroxylation is 1. The van der Waals surface area contributed by atoms with Crippen molar-refractivity contribution in [1.82, 2.24) is 0 Å². The molecule has 0 aromatic heterocycles. The minimum atomic E-state index is -0.653. The Balaban J connectivity index is 0. The molecule has 0 spiro atoms. The Labute approximate surface area is 204 Å². The fraction of sp³-hybridized carbons (Fsp3) is 0.720. The van der Waals surface area contributed by atoms with Crippen LogP contribution in [0.15, 0.2) is 30.3 Å². The van der Waals surface area contributed by atoms with E-state index >= 15 is 0 Å². The predicted octanol–water partition coefficient (Wildman–Crippen LogP) is 7.41. The standard InChI is InChI=1S/C18H36O2.C7H8.Ca.2H/c1-2-3-4-5-6-7-8-9-10-11-12-13-14-15-16-17-18(19)20;1-7-5-3-2-4-6-7;;;/h2-17H2,1H3,(H,19,20);2-6H,1H3;;;. The molecule has 0 atom stereocenters. The molecule has 0 saturated carbocycles. The number of rotatable bonds is 16. The Kier molecular flexibility index (Phi) is 26.9. The van der Waals surface area contributed by atoms with Crippen molar-refractivity contribution in [2.75, 3.05) is 0 Å². The monoisotopic (exact) mass is 418 g/mol. The van der Waals surface area contributed by atoms with Crippen LogP contribution in [0, 0.1) is 6.92 Å². The summed E-state index contributed by atoms with van der Waals surface area (Å²) in [5.41, 5.74) is 1.32. The van der Waals surface area contributed by atoms with Gasteiger partial charge in [-0.3, -0.25) is 4.79 Å². The van der Waals surface area contributed by atoms with Gasteiger partial charge >= 0.3 is 43.7 Å². The number of benzene rings is 1. The molecule has 0 aliphatic carbocycles. The van der Waals surface area contributed by atoms with E-state index in [1.807, 2.05) is 18.2 Å². The van der Waals surface area contributed by atoms with Crippen LogP contribution in [0.25, 0.3) is 0 Å². The van der Waals surface area contributed by atoms with Crippen molar-refractivity contribution in [3.63, 3.8) is 0 Å². The van der Waals surface area contributed by atoms with Crippen molar-refractivity contribution < 1.29 is 9.90 Å². The van der Waals surface area contributed by atoms with Gasteiger partial charge < -0.3 is 5.11 Å². The molecule has 160 valence electrons. The van der Waals surface area contributed by atoms with Crippen molar-refractivity contribution in [3.05, 3.63) is 35.9 Å². The van der Waals surface area contributed by atoms with E-state index in [4.69, 9.17) is 5.11 Å². The molecule has 0 amide bonds. The summed E-state index contributed by atoms with van der Waals surface area (Å²) in [7, 11) is 0. The molecule has 3 heteroatoms. The topological polar surface area (TPSA) is 37.3 Å². The minimum absolute atomic E-state index is 0. The van der Waals surface area contributed by atoms with Crippen LogP contribution < -0.4 is 0 Å². The molecule has 1 N–H and O–H groups in total. The Morgan fingerprint density at radius 1 is 0.679 bits per heavy atom. The van der Waals surface area contributed by atoms with Gasteiger partial charge in [0.2, 0.25) is 0 Å². The summed E-state index contributed by atoms with van der Waals surface area (Å²) < 4.78 is 0. The Morgan fingerprint density at radius 3 is 1.32 bits per heavy atom. The molecule has 1 rings (SSSR count). The van der Waals surface area contributed by atoms with E-state index in [-0.39, 0.29) is 37.7 Å². The predicted molar refractivity (Wildman–Crippen MR) is 127 cm³/mol. The summed E-state index contributed by atoms with van der Waals surface area (Å²) in [6.07, 6.45) is 20.2. The molecule has 0 saturated heterocycles. The number of carboxylic acids is 1. The molecular weight excluding hydrogens is 372 g/mol. The first-order chi connectivity index (χ1) is 13.2. The molecular formula is C25H46CaO2. The maximum atomic E-state index is 10.3. The van der Waals surface area contributed by atoms with E-state index in [9.17, 15) is 4.79 Å². The van der Waals surface area contributed by atoms with E-state index in [0.717, 1.165) is 12.8 Å². The third kappa shape index (κ3) is 25.9. The first-order valence-electron chi connectivity index (χ1n) is 11.4. The van der Waals surface area contributed by atoms with Crippen LogP contribution in [-0.2, 0) is 4.79 Å². The number of carboxylic acid groups (broad SMARTS) is 1. The summed E-state index contributed by atoms with van der Waals surface area (Å²) >= 11 is 0. The molecule has 0 unspecified atom stereocenters. The number of hydrogen-bond donors (Lipinski definition) is 1. The van der Waals surface area contributed by atoms with Crippen LogP contribution in [0.5, 0.6) is 0 Å². The molecule has 1 aromatic carbocycles. The molecule has 0 aliphatic heterocycles. The fourth-order valence-electron chi connectivity index (χ4n) is 3.18. The summed E-state index contributed by atoms with van der Waals surface area (Å²) in [6.45, 7) is 4.35. The average Bonchev–Trinajstić information content (AvgIpc) is 2.66. The summed E-state index contributed by atoms with van der Waals surface area (Å²) in [5, 5.41) is 8.52. The molecule has 1 aromatic rings. The third-order valence-corrected chi connectivity index (χ3v) is 4.93. The second-order valence-electron chi connectivity index (χ2n) is 7.75. The maximum absolute atomic E-state index is 10.3. The zero-order valence-corrected chi connectivity index (χ0v) is 18.1. The Morgan fingerprint density at radius 2 is 1.04 bits per heavy atom. The van der Waals surface area contributed by atoms with Gasteiger partial charge in [-0.15, -0.1) is 0 Å². The van der Waals surface area contributed by atoms with Crippen molar-refractivity contribution >= 4 is 43.7 Å². The number of hydrogen-bond acceptors (Lipinski definition) is 1. The first-order valence-corrected chi connectivity index (χ1v) is 11.4. The van der Waals surface area contributed by atoms with Crippen molar-refractivity contribution in [1.29, 1.82) is 0 Å². The average molecular weight is 419 g/mol. The van der Waals surface area contributed by atoms with Gasteiger partial charge in [0.25, 0.3) is 0 Å². The van der Waals surface area contributed by atoms with Gasteiger partial charge in [-0.1, -0.05) is 133 Å². The summed E-state index contributed by atoms with van der Waals surface area (Å²) in [6, 6.07) is 10.3. The van der Waals surface area contributed by atoms with Crippen molar-refractivity contribution in [2.24, 2.45) is 0 Å². The van der Waals surface area contributed by atoms with Gasteiger partial charge in [0.05, 0.1) is 0 Å². The van der Waals surface area contributed by atoms with Crippen LogP contribution in [0.3, 0.4) is 0 Å². The number of aliphatic carboxylic acids is 1. The zero-order valence-electron chi connectivity index (χ0n) is 18.1. The van der Waals surface area contributed by atoms with Gasteiger partial charge in [-0.25, -0.2) is 0 Å². The van der Waals surface area contributed by atoms with Crippen LogP contribution in [-0.4, -0.2) is 48.8 Å². The van der Waals surface area contributed by atoms with Gasteiger partial charge in [0, 0.05) is 6.42 Å². The molecule has 0 heterocycles. The number of unbranched alkanes of at least 4 members (excludes halogenated alkanes) is 14. The van der Waals surface area contributed by atoms with Gasteiger partial charge in [0.1, 0.15) is 0 Å². The fourth-order valence-corrected chi connectivity index (χ4v) is 3.18. The van der Waals surface area contributed by atoms with Gasteiger partial charge in [-0.05, 0) is 13.3 Å². The number of carbonyl (C=O) groups is 1. The van der Waals surface area contributed by atoms with E-state index in [0.29, 0.717) is 6.42 Å². The van der Waals surface area contributed by atoms with Crippen LogP contribution in [0.4, 0.5) is 0 Å². The Hall–Kier alpha value is -0.0503. The van der Waals surface area contributed by atoms with Crippen LogP contribution >= 0.6 is 0 Å². The molecule has 0 aliphatic rings. The third-order valence-electron chi connectivity index (χ3n) is 4.93. The summed E-state index contributed by atoms with van der Waals surface area (Å²) in [5.74, 6) is -0.653. The zero-order chi connectivity index (χ0) is 20.0. The van der Waals surface area contributed by atoms with Crippen molar-refractivity contribution in [2.45, 2.75) is 117 Å².